The first-order valence-corrected chi connectivity index (χ1v) is 9.61. The molecular weight excluding hydrogens is 342 g/mol. The Kier molecular flexibility index (Phi) is 4.49. The molecule has 3 nitrogen and oxygen atoms in total. The molecule has 1 aliphatic heterocycles. The summed E-state index contributed by atoms with van der Waals surface area (Å²) < 4.78 is 2.05. The Bertz CT molecular complexity index is 952. The minimum Gasteiger partial charge on any atom is -0.370 e. The molecule has 0 spiro atoms. The maximum atomic E-state index is 6.29. The summed E-state index contributed by atoms with van der Waals surface area (Å²) in [4.78, 5) is 0. The number of hydrogen-bond acceptors (Lipinski definition) is 2. The van der Waals surface area contributed by atoms with Crippen molar-refractivity contribution in [3.63, 3.8) is 0 Å². The SMILES string of the molecule is Cc1cc(C)cc(-c2nn(-c3cc(Cl)ccc3C)c3c2CCCCN3)c1. The van der Waals surface area contributed by atoms with Gasteiger partial charge in [0, 0.05) is 22.7 Å². The van der Waals surface area contributed by atoms with Crippen molar-refractivity contribution in [1.29, 1.82) is 0 Å². The molecule has 1 aromatic heterocycles. The zero-order valence-corrected chi connectivity index (χ0v) is 16.3. The van der Waals surface area contributed by atoms with E-state index >= 15 is 0 Å². The van der Waals surface area contributed by atoms with Crippen LogP contribution >= 0.6 is 11.6 Å². The molecular formula is C22H24ClN3. The number of rotatable bonds is 2. The minimum atomic E-state index is 0.733. The third kappa shape index (κ3) is 3.12. The molecule has 0 unspecified atom stereocenters. The summed E-state index contributed by atoms with van der Waals surface area (Å²) >= 11 is 6.29. The second-order valence-corrected chi connectivity index (χ2v) is 7.72. The Morgan fingerprint density at radius 3 is 2.54 bits per heavy atom. The average Bonchev–Trinajstić information content (AvgIpc) is 2.78. The lowest BCUT2D eigenvalue weighted by Crippen LogP contribution is -2.08. The van der Waals surface area contributed by atoms with Crippen LogP contribution in [0.4, 0.5) is 5.82 Å². The molecule has 0 saturated carbocycles. The van der Waals surface area contributed by atoms with E-state index in [2.05, 4.69) is 55.0 Å². The topological polar surface area (TPSA) is 29.9 Å². The largest absolute Gasteiger partial charge is 0.370 e. The van der Waals surface area contributed by atoms with Gasteiger partial charge in [0.25, 0.3) is 0 Å². The second-order valence-electron chi connectivity index (χ2n) is 7.28. The van der Waals surface area contributed by atoms with Crippen LogP contribution in [-0.2, 0) is 6.42 Å². The maximum Gasteiger partial charge on any atom is 0.133 e. The first-order valence-electron chi connectivity index (χ1n) is 9.24. The molecule has 0 saturated heterocycles. The number of anilines is 1. The first-order chi connectivity index (χ1) is 12.5. The van der Waals surface area contributed by atoms with Gasteiger partial charge in [0.2, 0.25) is 0 Å². The highest BCUT2D eigenvalue weighted by Gasteiger charge is 2.22. The number of nitrogens with one attached hydrogen (secondary N) is 1. The highest BCUT2D eigenvalue weighted by molar-refractivity contribution is 6.30. The molecule has 0 bridgehead atoms. The highest BCUT2D eigenvalue weighted by atomic mass is 35.5. The molecule has 4 heteroatoms. The van der Waals surface area contributed by atoms with E-state index in [-0.39, 0.29) is 0 Å². The summed E-state index contributed by atoms with van der Waals surface area (Å²) in [6.45, 7) is 7.37. The second kappa shape index (κ2) is 6.81. The van der Waals surface area contributed by atoms with Gasteiger partial charge >= 0.3 is 0 Å². The third-order valence-corrected chi connectivity index (χ3v) is 5.26. The summed E-state index contributed by atoms with van der Waals surface area (Å²) in [5, 5.41) is 9.40. The van der Waals surface area contributed by atoms with Crippen LogP contribution in [0.1, 0.15) is 35.1 Å². The van der Waals surface area contributed by atoms with Crippen molar-refractivity contribution in [1.82, 2.24) is 9.78 Å². The van der Waals surface area contributed by atoms with E-state index in [0.717, 1.165) is 40.8 Å². The Labute approximate surface area is 160 Å². The highest BCUT2D eigenvalue weighted by Crippen LogP contribution is 2.35. The van der Waals surface area contributed by atoms with Crippen LogP contribution in [0.15, 0.2) is 36.4 Å². The number of nitrogens with zero attached hydrogens (tertiary/aromatic N) is 2. The Morgan fingerprint density at radius 1 is 1.00 bits per heavy atom. The first kappa shape index (κ1) is 17.2. The van der Waals surface area contributed by atoms with E-state index in [1.165, 1.54) is 35.1 Å². The predicted molar refractivity (Wildman–Crippen MR) is 110 cm³/mol. The van der Waals surface area contributed by atoms with Crippen LogP contribution in [-0.4, -0.2) is 16.3 Å². The van der Waals surface area contributed by atoms with E-state index in [1.54, 1.807) is 0 Å². The molecule has 2 aromatic carbocycles. The predicted octanol–water partition coefficient (Wildman–Crippen LogP) is 5.87. The van der Waals surface area contributed by atoms with E-state index in [4.69, 9.17) is 16.7 Å². The molecule has 26 heavy (non-hydrogen) atoms. The molecule has 0 atom stereocenters. The van der Waals surface area contributed by atoms with Crippen molar-refractivity contribution in [2.24, 2.45) is 0 Å². The Hall–Kier alpha value is -2.26. The lowest BCUT2D eigenvalue weighted by atomic mass is 10.00. The molecule has 0 amide bonds. The van der Waals surface area contributed by atoms with Gasteiger partial charge in [-0.2, -0.15) is 5.10 Å². The summed E-state index contributed by atoms with van der Waals surface area (Å²) in [7, 11) is 0. The minimum absolute atomic E-state index is 0.733. The average molecular weight is 366 g/mol. The zero-order valence-electron chi connectivity index (χ0n) is 15.6. The summed E-state index contributed by atoms with van der Waals surface area (Å²) in [6, 6.07) is 12.7. The molecule has 1 aliphatic rings. The van der Waals surface area contributed by atoms with Gasteiger partial charge in [-0.05, 0) is 69.9 Å². The fourth-order valence-corrected chi connectivity index (χ4v) is 4.00. The molecule has 4 rings (SSSR count). The lowest BCUT2D eigenvalue weighted by Gasteiger charge is -2.12. The molecule has 3 aromatic rings. The quantitative estimate of drug-likeness (QED) is 0.615. The standard InChI is InChI=1S/C22H24ClN3/c1-14-10-15(2)12-17(11-14)21-19-6-4-5-9-24-22(19)26(25-21)20-13-18(23)8-7-16(20)3/h7-8,10-13,24H,4-6,9H2,1-3H3. The Balaban J connectivity index is 1.96. The van der Waals surface area contributed by atoms with Crippen LogP contribution < -0.4 is 5.32 Å². The number of halogens is 1. The molecule has 0 aliphatic carbocycles. The number of fused-ring (bicyclic) bond motifs is 1. The van der Waals surface area contributed by atoms with Gasteiger partial charge in [-0.3, -0.25) is 0 Å². The van der Waals surface area contributed by atoms with E-state index in [1.807, 2.05) is 12.1 Å². The molecule has 134 valence electrons. The van der Waals surface area contributed by atoms with Crippen molar-refractivity contribution in [2.75, 3.05) is 11.9 Å². The van der Waals surface area contributed by atoms with E-state index in [9.17, 15) is 0 Å². The number of aryl methyl sites for hydroxylation is 3. The van der Waals surface area contributed by atoms with Crippen LogP contribution in [0, 0.1) is 20.8 Å². The summed E-state index contributed by atoms with van der Waals surface area (Å²) in [5.74, 6) is 1.11. The molecule has 0 radical (unpaired) electrons. The van der Waals surface area contributed by atoms with Gasteiger partial charge in [0.15, 0.2) is 0 Å². The lowest BCUT2D eigenvalue weighted by molar-refractivity contribution is 0.779. The number of aromatic nitrogens is 2. The van der Waals surface area contributed by atoms with Gasteiger partial charge < -0.3 is 5.32 Å². The Morgan fingerprint density at radius 2 is 1.77 bits per heavy atom. The maximum absolute atomic E-state index is 6.29. The van der Waals surface area contributed by atoms with E-state index < -0.39 is 0 Å². The summed E-state index contributed by atoms with van der Waals surface area (Å²) in [6.07, 6.45) is 3.40. The van der Waals surface area contributed by atoms with Gasteiger partial charge in [0.1, 0.15) is 5.82 Å². The van der Waals surface area contributed by atoms with Crippen molar-refractivity contribution >= 4 is 17.4 Å². The van der Waals surface area contributed by atoms with Crippen molar-refractivity contribution in [2.45, 2.75) is 40.0 Å². The monoisotopic (exact) mass is 365 g/mol. The van der Waals surface area contributed by atoms with Crippen molar-refractivity contribution in [3.05, 3.63) is 63.7 Å². The van der Waals surface area contributed by atoms with Crippen LogP contribution in [0.25, 0.3) is 16.9 Å². The fraction of sp³-hybridized carbons (Fsp3) is 0.318. The van der Waals surface area contributed by atoms with Crippen LogP contribution in [0.2, 0.25) is 5.02 Å². The van der Waals surface area contributed by atoms with E-state index in [0.29, 0.717) is 0 Å². The molecule has 2 heterocycles. The number of benzene rings is 2. The van der Waals surface area contributed by atoms with Crippen molar-refractivity contribution < 1.29 is 0 Å². The zero-order chi connectivity index (χ0) is 18.3. The normalized spacial score (nSPS) is 13.8. The molecule has 1 N–H and O–H groups in total. The summed E-state index contributed by atoms with van der Waals surface area (Å²) in [5.41, 5.74) is 8.33. The van der Waals surface area contributed by atoms with Gasteiger partial charge in [-0.15, -0.1) is 0 Å². The number of hydrogen-bond donors (Lipinski definition) is 1. The third-order valence-electron chi connectivity index (χ3n) is 5.02. The van der Waals surface area contributed by atoms with Gasteiger partial charge in [0.05, 0.1) is 11.4 Å². The van der Waals surface area contributed by atoms with Crippen LogP contribution in [0.3, 0.4) is 0 Å². The van der Waals surface area contributed by atoms with Crippen LogP contribution in [0.5, 0.6) is 0 Å². The molecule has 0 fully saturated rings. The fourth-order valence-electron chi connectivity index (χ4n) is 3.83. The van der Waals surface area contributed by atoms with Crippen molar-refractivity contribution in [3.8, 4) is 16.9 Å². The smallest absolute Gasteiger partial charge is 0.133 e. The van der Waals surface area contributed by atoms with Gasteiger partial charge in [-0.25, -0.2) is 4.68 Å². The van der Waals surface area contributed by atoms with Gasteiger partial charge in [-0.1, -0.05) is 34.9 Å².